The van der Waals surface area contributed by atoms with Crippen LogP contribution in [0.3, 0.4) is 0 Å². The highest BCUT2D eigenvalue weighted by Crippen LogP contribution is 2.23. The number of ether oxygens (including phenoxy) is 2. The van der Waals surface area contributed by atoms with Crippen LogP contribution in [0.4, 0.5) is 0 Å². The Morgan fingerprint density at radius 1 is 1.00 bits per heavy atom. The van der Waals surface area contributed by atoms with E-state index in [9.17, 15) is 4.79 Å². The van der Waals surface area contributed by atoms with Crippen molar-refractivity contribution >= 4 is 18.3 Å². The van der Waals surface area contributed by atoms with E-state index in [1.807, 2.05) is 42.5 Å². The minimum Gasteiger partial charge on any atom is -0.372 e. The maximum atomic E-state index is 12.7. The third-order valence-electron chi connectivity index (χ3n) is 5.14. The summed E-state index contributed by atoms with van der Waals surface area (Å²) in [6, 6.07) is 18.2. The van der Waals surface area contributed by atoms with Gasteiger partial charge in [0.05, 0.1) is 13.2 Å². The third-order valence-corrected chi connectivity index (χ3v) is 5.14. The normalized spacial score (nSPS) is 15.5. The lowest BCUT2D eigenvalue weighted by molar-refractivity contribution is -0.146. The van der Waals surface area contributed by atoms with Crippen LogP contribution in [0.2, 0.25) is 0 Å². The van der Waals surface area contributed by atoms with Gasteiger partial charge in [0.15, 0.2) is 0 Å². The Morgan fingerprint density at radius 3 is 2.32 bits per heavy atom. The van der Waals surface area contributed by atoms with E-state index in [1.54, 1.807) is 7.11 Å². The van der Waals surface area contributed by atoms with Crippen LogP contribution in [0.1, 0.15) is 29.5 Å². The molecule has 1 aliphatic heterocycles. The highest BCUT2D eigenvalue weighted by atomic mass is 35.5. The summed E-state index contributed by atoms with van der Waals surface area (Å²) in [5, 5.41) is 6.33. The molecule has 2 aromatic rings. The SMILES string of the molecule is COC1(C(=O)NCc2ccccc2COCc2ccccc2)CCNCC1.Cl. The quantitative estimate of drug-likeness (QED) is 0.709. The van der Waals surface area contributed by atoms with Gasteiger partial charge in [-0.3, -0.25) is 4.79 Å². The van der Waals surface area contributed by atoms with E-state index in [4.69, 9.17) is 9.47 Å². The van der Waals surface area contributed by atoms with Crippen LogP contribution in [0.5, 0.6) is 0 Å². The molecule has 1 heterocycles. The lowest BCUT2D eigenvalue weighted by Crippen LogP contribution is -2.54. The number of hydrogen-bond donors (Lipinski definition) is 2. The molecule has 0 unspecified atom stereocenters. The Bertz CT molecular complexity index is 734. The van der Waals surface area contributed by atoms with Gasteiger partial charge in [0.1, 0.15) is 5.60 Å². The van der Waals surface area contributed by atoms with Crippen LogP contribution in [-0.2, 0) is 34.0 Å². The van der Waals surface area contributed by atoms with Gasteiger partial charge in [0.25, 0.3) is 5.91 Å². The molecule has 2 aromatic carbocycles. The Labute approximate surface area is 173 Å². The lowest BCUT2D eigenvalue weighted by atomic mass is 9.91. The predicted octanol–water partition coefficient (Wildman–Crippen LogP) is 3.21. The maximum Gasteiger partial charge on any atom is 0.252 e. The molecule has 0 radical (unpaired) electrons. The van der Waals surface area contributed by atoms with Crippen molar-refractivity contribution in [3.8, 4) is 0 Å². The van der Waals surface area contributed by atoms with Crippen molar-refractivity contribution in [2.45, 2.75) is 38.2 Å². The number of benzene rings is 2. The van der Waals surface area contributed by atoms with Gasteiger partial charge >= 0.3 is 0 Å². The largest absolute Gasteiger partial charge is 0.372 e. The van der Waals surface area contributed by atoms with E-state index >= 15 is 0 Å². The minimum absolute atomic E-state index is 0. The number of carbonyl (C=O) groups excluding carboxylic acids is 1. The molecule has 1 fully saturated rings. The van der Waals surface area contributed by atoms with Crippen molar-refractivity contribution in [1.29, 1.82) is 0 Å². The molecule has 28 heavy (non-hydrogen) atoms. The molecule has 0 atom stereocenters. The fraction of sp³-hybridized carbons (Fsp3) is 0.409. The van der Waals surface area contributed by atoms with Gasteiger partial charge in [-0.05, 0) is 42.6 Å². The average Bonchev–Trinajstić information content (AvgIpc) is 2.74. The Balaban J connectivity index is 0.00000280. The van der Waals surface area contributed by atoms with Crippen molar-refractivity contribution in [3.63, 3.8) is 0 Å². The van der Waals surface area contributed by atoms with Crippen LogP contribution < -0.4 is 10.6 Å². The summed E-state index contributed by atoms with van der Waals surface area (Å²) in [7, 11) is 1.62. The van der Waals surface area contributed by atoms with Crippen molar-refractivity contribution < 1.29 is 14.3 Å². The van der Waals surface area contributed by atoms with Crippen molar-refractivity contribution in [1.82, 2.24) is 10.6 Å². The van der Waals surface area contributed by atoms with Gasteiger partial charge in [0.2, 0.25) is 0 Å². The number of methoxy groups -OCH3 is 1. The van der Waals surface area contributed by atoms with E-state index in [0.717, 1.165) is 29.8 Å². The monoisotopic (exact) mass is 404 g/mol. The second kappa shape index (κ2) is 11.2. The smallest absolute Gasteiger partial charge is 0.252 e. The molecule has 6 heteroatoms. The number of rotatable bonds is 8. The summed E-state index contributed by atoms with van der Waals surface area (Å²) < 4.78 is 11.5. The fourth-order valence-corrected chi connectivity index (χ4v) is 3.41. The number of carbonyl (C=O) groups is 1. The van der Waals surface area contributed by atoms with Crippen molar-refractivity contribution in [2.75, 3.05) is 20.2 Å². The summed E-state index contributed by atoms with van der Waals surface area (Å²) in [6.07, 6.45) is 1.38. The number of nitrogens with one attached hydrogen (secondary N) is 2. The molecule has 1 aliphatic rings. The first-order chi connectivity index (χ1) is 13.2. The Hall–Kier alpha value is -1.92. The second-order valence-corrected chi connectivity index (χ2v) is 6.88. The highest BCUT2D eigenvalue weighted by molar-refractivity contribution is 5.85. The topological polar surface area (TPSA) is 59.6 Å². The summed E-state index contributed by atoms with van der Waals surface area (Å²) in [4.78, 5) is 12.7. The molecular formula is C22H29ClN2O3. The Kier molecular flexibility index (Phi) is 8.93. The number of halogens is 1. The fourth-order valence-electron chi connectivity index (χ4n) is 3.41. The van der Waals surface area contributed by atoms with Gasteiger partial charge < -0.3 is 20.1 Å². The van der Waals surface area contributed by atoms with Crippen LogP contribution in [0.15, 0.2) is 54.6 Å². The first kappa shape index (κ1) is 22.4. The molecule has 0 aromatic heterocycles. The predicted molar refractivity (Wildman–Crippen MR) is 112 cm³/mol. The van der Waals surface area contributed by atoms with Crippen molar-refractivity contribution in [2.24, 2.45) is 0 Å². The summed E-state index contributed by atoms with van der Waals surface area (Å²) in [5.74, 6) is -0.0356. The lowest BCUT2D eigenvalue weighted by Gasteiger charge is -2.34. The molecule has 3 rings (SSSR count). The Morgan fingerprint density at radius 2 is 1.64 bits per heavy atom. The summed E-state index contributed by atoms with van der Waals surface area (Å²) in [5.41, 5.74) is 2.59. The molecular weight excluding hydrogens is 376 g/mol. The summed E-state index contributed by atoms with van der Waals surface area (Å²) >= 11 is 0. The molecule has 1 saturated heterocycles. The molecule has 152 valence electrons. The zero-order valence-electron chi connectivity index (χ0n) is 16.3. The average molecular weight is 405 g/mol. The standard InChI is InChI=1S/C22H28N2O3.ClH/c1-26-22(11-13-23-14-12-22)21(25)24-15-19-9-5-6-10-20(19)17-27-16-18-7-3-2-4-8-18;/h2-10,23H,11-17H2,1H3,(H,24,25);1H. The molecule has 5 nitrogen and oxygen atoms in total. The van der Waals surface area contributed by atoms with Crippen LogP contribution in [0.25, 0.3) is 0 Å². The minimum atomic E-state index is -0.718. The highest BCUT2D eigenvalue weighted by Gasteiger charge is 2.39. The molecule has 0 saturated carbocycles. The number of amides is 1. The summed E-state index contributed by atoms with van der Waals surface area (Å²) in [6.45, 7) is 3.15. The number of hydrogen-bond acceptors (Lipinski definition) is 4. The molecule has 1 amide bonds. The number of piperidine rings is 1. The van der Waals surface area contributed by atoms with E-state index < -0.39 is 5.60 Å². The molecule has 0 aliphatic carbocycles. The third kappa shape index (κ3) is 5.79. The van der Waals surface area contributed by atoms with E-state index in [2.05, 4.69) is 22.8 Å². The van der Waals surface area contributed by atoms with Gasteiger partial charge in [-0.1, -0.05) is 54.6 Å². The van der Waals surface area contributed by atoms with Crippen molar-refractivity contribution in [3.05, 3.63) is 71.3 Å². The molecule has 2 N–H and O–H groups in total. The van der Waals surface area contributed by atoms with Gasteiger partial charge in [0, 0.05) is 13.7 Å². The van der Waals surface area contributed by atoms with Crippen LogP contribution in [-0.4, -0.2) is 31.7 Å². The van der Waals surface area contributed by atoms with Gasteiger partial charge in [-0.25, -0.2) is 0 Å². The van der Waals surface area contributed by atoms with Crippen LogP contribution >= 0.6 is 12.4 Å². The van der Waals surface area contributed by atoms with E-state index in [0.29, 0.717) is 32.6 Å². The first-order valence-corrected chi connectivity index (χ1v) is 9.46. The van der Waals surface area contributed by atoms with Gasteiger partial charge in [-0.2, -0.15) is 0 Å². The van der Waals surface area contributed by atoms with Crippen LogP contribution in [0, 0.1) is 0 Å². The molecule has 0 spiro atoms. The maximum absolute atomic E-state index is 12.7. The van der Waals surface area contributed by atoms with E-state index in [-0.39, 0.29) is 18.3 Å². The zero-order chi connectivity index (χ0) is 19.0. The van der Waals surface area contributed by atoms with E-state index in [1.165, 1.54) is 0 Å². The first-order valence-electron chi connectivity index (χ1n) is 9.46. The molecule has 0 bridgehead atoms. The zero-order valence-corrected chi connectivity index (χ0v) is 17.1. The van der Waals surface area contributed by atoms with Gasteiger partial charge in [-0.15, -0.1) is 12.4 Å². The second-order valence-electron chi connectivity index (χ2n) is 6.88.